The molecule has 3 atom stereocenters. The number of piperidine rings is 1. The number of ether oxygens (including phenoxy) is 1. The first kappa shape index (κ1) is 18.1. The summed E-state index contributed by atoms with van der Waals surface area (Å²) in [6.45, 7) is 2.69. The fourth-order valence-corrected chi connectivity index (χ4v) is 4.16. The van der Waals surface area contributed by atoms with Crippen LogP contribution >= 0.6 is 0 Å². The number of hydrogen-bond acceptors (Lipinski definition) is 6. The molecule has 4 rings (SSSR count). The van der Waals surface area contributed by atoms with Crippen molar-refractivity contribution in [1.29, 1.82) is 0 Å². The van der Waals surface area contributed by atoms with Crippen molar-refractivity contribution in [3.8, 4) is 0 Å². The zero-order valence-electron chi connectivity index (χ0n) is 15.3. The summed E-state index contributed by atoms with van der Waals surface area (Å²) in [6.07, 6.45) is 0.766. The van der Waals surface area contributed by atoms with Gasteiger partial charge in [-0.1, -0.05) is 12.1 Å². The third-order valence-corrected chi connectivity index (χ3v) is 5.70. The number of nitrogens with one attached hydrogen (secondary N) is 3. The number of fused-ring (bicyclic) bond motifs is 1. The Morgan fingerprint density at radius 1 is 1.26 bits per heavy atom. The molecule has 1 aromatic carbocycles. The first-order chi connectivity index (χ1) is 13.1. The van der Waals surface area contributed by atoms with Gasteiger partial charge in [0.05, 0.1) is 6.10 Å². The minimum atomic E-state index is -0.583. The van der Waals surface area contributed by atoms with Crippen LogP contribution in [0.25, 0.3) is 0 Å². The maximum absolute atomic E-state index is 12.8. The molecule has 8 heteroatoms. The zero-order valence-corrected chi connectivity index (χ0v) is 15.3. The summed E-state index contributed by atoms with van der Waals surface area (Å²) < 4.78 is 5.48. The summed E-state index contributed by atoms with van der Waals surface area (Å²) in [6, 6.07) is 5.33. The van der Waals surface area contributed by atoms with E-state index in [-0.39, 0.29) is 36.3 Å². The number of carbonyl (C=O) groups excluding carboxylic acids is 3. The molecular weight excluding hydrogens is 348 g/mol. The quantitative estimate of drug-likeness (QED) is 0.604. The van der Waals surface area contributed by atoms with Gasteiger partial charge in [0.2, 0.25) is 11.8 Å². The van der Waals surface area contributed by atoms with E-state index in [1.807, 2.05) is 18.2 Å². The normalized spacial score (nSPS) is 27.8. The summed E-state index contributed by atoms with van der Waals surface area (Å²) in [5.74, 6) is -0.797. The van der Waals surface area contributed by atoms with Crippen molar-refractivity contribution in [2.45, 2.75) is 44.1 Å². The first-order valence-electron chi connectivity index (χ1n) is 9.31. The molecule has 3 amide bonds. The van der Waals surface area contributed by atoms with Crippen LogP contribution in [-0.4, -0.2) is 61.0 Å². The lowest BCUT2D eigenvalue weighted by molar-refractivity contribution is -0.136. The second-order valence-electron chi connectivity index (χ2n) is 7.26. The average Bonchev–Trinajstić information content (AvgIpc) is 3.25. The number of methoxy groups -OCH3 is 1. The molecule has 3 aliphatic rings. The second-order valence-corrected chi connectivity index (χ2v) is 7.26. The van der Waals surface area contributed by atoms with Gasteiger partial charge in [0.25, 0.3) is 5.91 Å². The Morgan fingerprint density at radius 2 is 2.11 bits per heavy atom. The number of nitrogens with zero attached hydrogens (tertiary/aromatic N) is 1. The summed E-state index contributed by atoms with van der Waals surface area (Å²) in [7, 11) is 1.71. The van der Waals surface area contributed by atoms with Crippen molar-refractivity contribution >= 4 is 17.7 Å². The van der Waals surface area contributed by atoms with E-state index in [0.29, 0.717) is 25.1 Å². The van der Waals surface area contributed by atoms with Crippen LogP contribution in [-0.2, 0) is 27.4 Å². The summed E-state index contributed by atoms with van der Waals surface area (Å²) in [4.78, 5) is 38.0. The Labute approximate surface area is 157 Å². The zero-order chi connectivity index (χ0) is 19.0. The highest BCUT2D eigenvalue weighted by Crippen LogP contribution is 2.29. The van der Waals surface area contributed by atoms with Crippen LogP contribution in [0.4, 0.5) is 0 Å². The molecule has 0 aromatic heterocycles. The van der Waals surface area contributed by atoms with Gasteiger partial charge >= 0.3 is 0 Å². The molecule has 144 valence electrons. The maximum Gasteiger partial charge on any atom is 0.255 e. The van der Waals surface area contributed by atoms with Gasteiger partial charge < -0.3 is 20.3 Å². The fraction of sp³-hybridized carbons (Fsp3) is 0.526. The van der Waals surface area contributed by atoms with E-state index in [0.717, 1.165) is 24.2 Å². The molecule has 3 N–H and O–H groups in total. The monoisotopic (exact) mass is 372 g/mol. The standard InChI is InChI=1S/C19H24N4O4/c1-27-16-9-20-8-14(16)21-7-11-3-2-4-12-13(11)10-23(19(12)26)15-5-6-17(24)22-18(15)25/h2-4,14-16,20-21H,5-10H2,1H3,(H,22,24,25)/t14-,15?,16+/m0/s1. The van der Waals surface area contributed by atoms with Crippen molar-refractivity contribution in [3.63, 3.8) is 0 Å². The van der Waals surface area contributed by atoms with Gasteiger partial charge in [-0.25, -0.2) is 0 Å². The molecule has 0 bridgehead atoms. The summed E-state index contributed by atoms with van der Waals surface area (Å²) in [5.41, 5.74) is 2.66. The van der Waals surface area contributed by atoms with Crippen LogP contribution in [0.1, 0.15) is 34.3 Å². The third-order valence-electron chi connectivity index (χ3n) is 5.70. The molecular formula is C19H24N4O4. The van der Waals surface area contributed by atoms with Gasteiger partial charge in [-0.05, 0) is 23.6 Å². The lowest BCUT2D eigenvalue weighted by atomic mass is 10.0. The third kappa shape index (κ3) is 3.36. The number of amides is 3. The minimum absolute atomic E-state index is 0.128. The molecule has 3 aliphatic heterocycles. The Kier molecular flexibility index (Phi) is 4.94. The number of imide groups is 1. The maximum atomic E-state index is 12.8. The van der Waals surface area contributed by atoms with E-state index in [2.05, 4.69) is 16.0 Å². The largest absolute Gasteiger partial charge is 0.378 e. The van der Waals surface area contributed by atoms with Crippen molar-refractivity contribution in [2.24, 2.45) is 0 Å². The lowest BCUT2D eigenvalue weighted by Crippen LogP contribution is -2.52. The Morgan fingerprint density at radius 3 is 2.89 bits per heavy atom. The first-order valence-corrected chi connectivity index (χ1v) is 9.31. The topological polar surface area (TPSA) is 99.8 Å². The van der Waals surface area contributed by atoms with Gasteiger partial charge in [0.15, 0.2) is 0 Å². The van der Waals surface area contributed by atoms with Crippen LogP contribution in [0.15, 0.2) is 18.2 Å². The number of carbonyl (C=O) groups is 3. The molecule has 8 nitrogen and oxygen atoms in total. The lowest BCUT2D eigenvalue weighted by Gasteiger charge is -2.29. The molecule has 0 saturated carbocycles. The van der Waals surface area contributed by atoms with Crippen molar-refractivity contribution in [1.82, 2.24) is 20.9 Å². The highest BCUT2D eigenvalue weighted by molar-refractivity contribution is 6.05. The highest BCUT2D eigenvalue weighted by Gasteiger charge is 2.39. The molecule has 3 heterocycles. The Hall–Kier alpha value is -2.29. The SMILES string of the molecule is CO[C@@H]1CNC[C@@H]1NCc1cccc2c1CN(C1CCC(=O)NC1=O)C2=O. The van der Waals surface area contributed by atoms with E-state index >= 15 is 0 Å². The summed E-state index contributed by atoms with van der Waals surface area (Å²) >= 11 is 0. The van der Waals surface area contributed by atoms with Crippen molar-refractivity contribution in [2.75, 3.05) is 20.2 Å². The molecule has 2 saturated heterocycles. The summed E-state index contributed by atoms with van der Waals surface area (Å²) in [5, 5.41) is 9.15. The average molecular weight is 372 g/mol. The number of benzene rings is 1. The van der Waals surface area contributed by atoms with Crippen LogP contribution in [0.2, 0.25) is 0 Å². The highest BCUT2D eigenvalue weighted by atomic mass is 16.5. The molecule has 0 aliphatic carbocycles. The van der Waals surface area contributed by atoms with Gasteiger partial charge in [-0.2, -0.15) is 0 Å². The van der Waals surface area contributed by atoms with Crippen LogP contribution in [0.3, 0.4) is 0 Å². The van der Waals surface area contributed by atoms with Crippen LogP contribution in [0, 0.1) is 0 Å². The van der Waals surface area contributed by atoms with Crippen LogP contribution in [0.5, 0.6) is 0 Å². The number of rotatable bonds is 5. The smallest absolute Gasteiger partial charge is 0.255 e. The molecule has 2 fully saturated rings. The second kappa shape index (κ2) is 7.38. The molecule has 27 heavy (non-hydrogen) atoms. The van der Waals surface area contributed by atoms with Crippen molar-refractivity contribution < 1.29 is 19.1 Å². The Balaban J connectivity index is 1.49. The van der Waals surface area contributed by atoms with E-state index in [9.17, 15) is 14.4 Å². The van der Waals surface area contributed by atoms with E-state index in [1.165, 1.54) is 0 Å². The van der Waals surface area contributed by atoms with Gasteiger partial charge in [-0.3, -0.25) is 19.7 Å². The van der Waals surface area contributed by atoms with E-state index < -0.39 is 6.04 Å². The van der Waals surface area contributed by atoms with Gasteiger partial charge in [0, 0.05) is 51.3 Å². The van der Waals surface area contributed by atoms with Crippen LogP contribution < -0.4 is 16.0 Å². The molecule has 1 unspecified atom stereocenters. The molecule has 0 radical (unpaired) electrons. The number of hydrogen-bond donors (Lipinski definition) is 3. The predicted molar refractivity (Wildman–Crippen MR) is 96.8 cm³/mol. The van der Waals surface area contributed by atoms with E-state index in [1.54, 1.807) is 12.0 Å². The van der Waals surface area contributed by atoms with Gasteiger partial charge in [0.1, 0.15) is 6.04 Å². The van der Waals surface area contributed by atoms with E-state index in [4.69, 9.17) is 4.74 Å². The van der Waals surface area contributed by atoms with Gasteiger partial charge in [-0.15, -0.1) is 0 Å². The van der Waals surface area contributed by atoms with Crippen molar-refractivity contribution in [3.05, 3.63) is 34.9 Å². The molecule has 1 aromatic rings. The Bertz CT molecular complexity index is 781. The minimum Gasteiger partial charge on any atom is -0.378 e. The predicted octanol–water partition coefficient (Wildman–Crippen LogP) is -0.476. The fourth-order valence-electron chi connectivity index (χ4n) is 4.16. The molecule has 0 spiro atoms.